The van der Waals surface area contributed by atoms with Crippen LogP contribution < -0.4 is 0 Å². The van der Waals surface area contributed by atoms with Crippen LogP contribution in [0.25, 0.3) is 0 Å². The Morgan fingerprint density at radius 2 is 1.64 bits per heavy atom. The van der Waals surface area contributed by atoms with Crippen molar-refractivity contribution in [1.29, 1.82) is 0 Å². The Balaban J connectivity index is 1.72. The second kappa shape index (κ2) is 5.82. The third-order valence-electron chi connectivity index (χ3n) is 3.23. The number of hydrogen-bond donors (Lipinski definition) is 0. The van der Waals surface area contributed by atoms with Gasteiger partial charge in [-0.15, -0.1) is 5.06 Å². The molecule has 2 aromatic rings. The van der Waals surface area contributed by atoms with Gasteiger partial charge in [0.05, 0.1) is 11.1 Å². The molecule has 0 aromatic heterocycles. The first-order valence-electron chi connectivity index (χ1n) is 6.47. The van der Waals surface area contributed by atoms with Crippen LogP contribution >= 0.6 is 15.9 Å². The molecule has 2 aromatic carbocycles. The molecule has 0 fully saturated rings. The number of imide groups is 1. The topological polar surface area (TPSA) is 63.7 Å². The zero-order valence-electron chi connectivity index (χ0n) is 11.3. The van der Waals surface area contributed by atoms with E-state index in [-0.39, 0.29) is 23.5 Å². The SMILES string of the molecule is O=C(CON1C(=O)c2ccccc2C1=O)c1cccc(Br)c1. The van der Waals surface area contributed by atoms with Crippen molar-refractivity contribution in [3.05, 3.63) is 69.7 Å². The minimum Gasteiger partial charge on any atom is -0.291 e. The summed E-state index contributed by atoms with van der Waals surface area (Å²) in [5.74, 6) is -1.43. The van der Waals surface area contributed by atoms with Crippen LogP contribution in [-0.4, -0.2) is 29.3 Å². The largest absolute Gasteiger partial charge is 0.291 e. The number of ketones is 1. The van der Waals surface area contributed by atoms with Crippen LogP contribution in [0.3, 0.4) is 0 Å². The molecule has 6 heteroatoms. The number of hydrogen-bond acceptors (Lipinski definition) is 4. The maximum absolute atomic E-state index is 12.1. The molecule has 0 bridgehead atoms. The van der Waals surface area contributed by atoms with Gasteiger partial charge in [0.25, 0.3) is 11.8 Å². The molecule has 3 rings (SSSR count). The van der Waals surface area contributed by atoms with E-state index in [0.717, 1.165) is 4.47 Å². The Morgan fingerprint density at radius 1 is 1.00 bits per heavy atom. The van der Waals surface area contributed by atoms with E-state index in [1.807, 2.05) is 0 Å². The molecule has 0 aliphatic carbocycles. The van der Waals surface area contributed by atoms with E-state index in [4.69, 9.17) is 4.84 Å². The molecule has 1 heterocycles. The third kappa shape index (κ3) is 2.58. The highest BCUT2D eigenvalue weighted by Gasteiger charge is 2.36. The number of fused-ring (bicyclic) bond motifs is 1. The molecule has 0 saturated heterocycles. The van der Waals surface area contributed by atoms with Crippen molar-refractivity contribution >= 4 is 33.5 Å². The second-order valence-corrected chi connectivity index (χ2v) is 5.57. The van der Waals surface area contributed by atoms with Crippen LogP contribution in [0.15, 0.2) is 53.0 Å². The lowest BCUT2D eigenvalue weighted by molar-refractivity contribution is -0.0817. The van der Waals surface area contributed by atoms with E-state index < -0.39 is 11.8 Å². The average molecular weight is 360 g/mol. The summed E-state index contributed by atoms with van der Waals surface area (Å²) < 4.78 is 0.763. The van der Waals surface area contributed by atoms with Gasteiger partial charge in [-0.2, -0.15) is 0 Å². The molecule has 0 saturated carbocycles. The molecule has 1 aliphatic rings. The molecule has 1 aliphatic heterocycles. The number of carbonyl (C=O) groups excluding carboxylic acids is 3. The average Bonchev–Trinajstić information content (AvgIpc) is 2.77. The summed E-state index contributed by atoms with van der Waals surface area (Å²) in [4.78, 5) is 41.3. The standard InChI is InChI=1S/C16H10BrNO4/c17-11-5-3-4-10(8-11)14(19)9-22-18-15(20)12-6-1-2-7-13(12)16(18)21/h1-8H,9H2. The van der Waals surface area contributed by atoms with E-state index in [1.54, 1.807) is 48.5 Å². The van der Waals surface area contributed by atoms with Gasteiger partial charge >= 0.3 is 0 Å². The van der Waals surface area contributed by atoms with Gasteiger partial charge in [-0.05, 0) is 24.3 Å². The highest BCUT2D eigenvalue weighted by atomic mass is 79.9. The number of halogens is 1. The molecule has 110 valence electrons. The smallest absolute Gasteiger partial charge is 0.285 e. The molecule has 0 atom stereocenters. The lowest BCUT2D eigenvalue weighted by Gasteiger charge is -2.12. The number of rotatable bonds is 4. The van der Waals surface area contributed by atoms with Crippen molar-refractivity contribution in [1.82, 2.24) is 5.06 Å². The zero-order valence-corrected chi connectivity index (χ0v) is 12.9. The van der Waals surface area contributed by atoms with Crippen LogP contribution in [-0.2, 0) is 4.84 Å². The lowest BCUT2D eigenvalue weighted by Crippen LogP contribution is -2.32. The predicted molar refractivity (Wildman–Crippen MR) is 81.4 cm³/mol. The first kappa shape index (κ1) is 14.6. The summed E-state index contributed by atoms with van der Waals surface area (Å²) in [7, 11) is 0. The van der Waals surface area contributed by atoms with Crippen LogP contribution in [0.1, 0.15) is 31.1 Å². The molecule has 22 heavy (non-hydrogen) atoms. The fraction of sp³-hybridized carbons (Fsp3) is 0.0625. The molecular weight excluding hydrogens is 350 g/mol. The Hall–Kier alpha value is -2.31. The molecule has 2 amide bonds. The van der Waals surface area contributed by atoms with Crippen LogP contribution in [0.4, 0.5) is 0 Å². The molecule has 0 unspecified atom stereocenters. The van der Waals surface area contributed by atoms with Crippen LogP contribution in [0.2, 0.25) is 0 Å². The molecule has 0 N–H and O–H groups in total. The van der Waals surface area contributed by atoms with Gasteiger partial charge in [0.15, 0.2) is 5.78 Å². The minimum absolute atomic E-state index is 0.280. The Morgan fingerprint density at radius 3 is 2.23 bits per heavy atom. The van der Waals surface area contributed by atoms with Gasteiger partial charge in [-0.25, -0.2) is 0 Å². The summed E-state index contributed by atoms with van der Waals surface area (Å²) in [5, 5.41) is 0.639. The van der Waals surface area contributed by atoms with Gasteiger partial charge in [0.2, 0.25) is 0 Å². The van der Waals surface area contributed by atoms with Gasteiger partial charge < -0.3 is 0 Å². The van der Waals surface area contributed by atoms with Crippen molar-refractivity contribution in [2.24, 2.45) is 0 Å². The first-order valence-corrected chi connectivity index (χ1v) is 7.27. The number of Topliss-reactive ketones (excluding diaryl/α,β-unsaturated/α-hetero) is 1. The van der Waals surface area contributed by atoms with Gasteiger partial charge in [0, 0.05) is 10.0 Å². The van der Waals surface area contributed by atoms with Crippen LogP contribution in [0.5, 0.6) is 0 Å². The van der Waals surface area contributed by atoms with E-state index in [1.165, 1.54) is 0 Å². The summed E-state index contributed by atoms with van der Waals surface area (Å²) in [6.07, 6.45) is 0. The van der Waals surface area contributed by atoms with Crippen LogP contribution in [0, 0.1) is 0 Å². The Labute approximate surface area is 134 Å². The molecule has 0 spiro atoms. The normalized spacial score (nSPS) is 13.4. The van der Waals surface area contributed by atoms with E-state index in [0.29, 0.717) is 10.6 Å². The molecule has 5 nitrogen and oxygen atoms in total. The fourth-order valence-electron chi connectivity index (χ4n) is 2.15. The molecular formula is C16H10BrNO4. The van der Waals surface area contributed by atoms with E-state index in [2.05, 4.69) is 15.9 Å². The lowest BCUT2D eigenvalue weighted by atomic mass is 10.1. The quantitative estimate of drug-likeness (QED) is 0.621. The summed E-state index contributed by atoms with van der Waals surface area (Å²) in [6.45, 7) is -0.387. The first-order chi connectivity index (χ1) is 10.6. The highest BCUT2D eigenvalue weighted by Crippen LogP contribution is 2.22. The minimum atomic E-state index is -0.553. The maximum Gasteiger partial charge on any atom is 0.285 e. The summed E-state index contributed by atoms with van der Waals surface area (Å²) in [6, 6.07) is 13.2. The Bertz CT molecular complexity index is 752. The van der Waals surface area contributed by atoms with Gasteiger partial charge in [0.1, 0.15) is 6.61 Å². The van der Waals surface area contributed by atoms with Gasteiger partial charge in [-0.3, -0.25) is 19.2 Å². The monoisotopic (exact) mass is 359 g/mol. The fourth-order valence-corrected chi connectivity index (χ4v) is 2.55. The van der Waals surface area contributed by atoms with Crippen molar-refractivity contribution < 1.29 is 19.2 Å². The molecule has 0 radical (unpaired) electrons. The zero-order chi connectivity index (χ0) is 15.7. The summed E-state index contributed by atoms with van der Waals surface area (Å²) in [5.41, 5.74) is 0.996. The predicted octanol–water partition coefficient (Wildman–Crippen LogP) is 2.86. The van der Waals surface area contributed by atoms with Gasteiger partial charge in [-0.1, -0.05) is 40.2 Å². The second-order valence-electron chi connectivity index (χ2n) is 4.66. The highest BCUT2D eigenvalue weighted by molar-refractivity contribution is 9.10. The van der Waals surface area contributed by atoms with Crippen molar-refractivity contribution in [3.63, 3.8) is 0 Å². The Kier molecular flexibility index (Phi) is 3.87. The van der Waals surface area contributed by atoms with E-state index >= 15 is 0 Å². The van der Waals surface area contributed by atoms with Crippen molar-refractivity contribution in [2.75, 3.05) is 6.61 Å². The number of amides is 2. The number of benzene rings is 2. The number of carbonyl (C=O) groups is 3. The third-order valence-corrected chi connectivity index (χ3v) is 3.72. The number of hydroxylamine groups is 2. The van der Waals surface area contributed by atoms with E-state index in [9.17, 15) is 14.4 Å². The van der Waals surface area contributed by atoms with Crippen molar-refractivity contribution in [3.8, 4) is 0 Å². The summed E-state index contributed by atoms with van der Waals surface area (Å²) >= 11 is 3.27. The van der Waals surface area contributed by atoms with Crippen molar-refractivity contribution in [2.45, 2.75) is 0 Å². The number of nitrogens with zero attached hydrogens (tertiary/aromatic N) is 1. The maximum atomic E-state index is 12.1.